The number of hydroxylamine groups is 2. The molecule has 5 rings (SSSR count). The van der Waals surface area contributed by atoms with Crippen molar-refractivity contribution in [2.45, 2.75) is 75.3 Å². The van der Waals surface area contributed by atoms with Crippen molar-refractivity contribution in [2.24, 2.45) is 16.8 Å². The molecule has 4 aliphatic rings. The molecule has 0 unspecified atom stereocenters. The van der Waals surface area contributed by atoms with Crippen LogP contribution in [0.5, 0.6) is 0 Å². The molecular weight excluding hydrogens is 296 g/mol. The van der Waals surface area contributed by atoms with Crippen molar-refractivity contribution in [2.75, 3.05) is 0 Å². The lowest BCUT2D eigenvalue weighted by Gasteiger charge is -2.38. The fourth-order valence-corrected chi connectivity index (χ4v) is 6.05. The Morgan fingerprint density at radius 1 is 0.917 bits per heavy atom. The van der Waals surface area contributed by atoms with E-state index in [1.54, 1.807) is 5.06 Å². The van der Waals surface area contributed by atoms with E-state index in [4.69, 9.17) is 4.99 Å². The van der Waals surface area contributed by atoms with Gasteiger partial charge < -0.3 is 0 Å². The van der Waals surface area contributed by atoms with Crippen LogP contribution in [-0.2, 0) is 0 Å². The number of rotatable bonds is 3. The summed E-state index contributed by atoms with van der Waals surface area (Å²) in [4.78, 5) is 5.29. The summed E-state index contributed by atoms with van der Waals surface area (Å²) in [6.07, 6.45) is 12.2. The van der Waals surface area contributed by atoms with Gasteiger partial charge in [-0.1, -0.05) is 30.3 Å². The lowest BCUT2D eigenvalue weighted by molar-refractivity contribution is -0.103. The summed E-state index contributed by atoms with van der Waals surface area (Å²) in [5.41, 5.74) is 1.13. The van der Waals surface area contributed by atoms with Gasteiger partial charge in [0.1, 0.15) is 0 Å². The second kappa shape index (κ2) is 5.32. The molecule has 0 saturated heterocycles. The molecule has 0 spiro atoms. The van der Waals surface area contributed by atoms with Gasteiger partial charge in [0.15, 0.2) is 5.84 Å². The maximum absolute atomic E-state index is 11.3. The first-order valence-electron chi connectivity index (χ1n) is 9.83. The Balaban J connectivity index is 1.55. The lowest BCUT2D eigenvalue weighted by Crippen LogP contribution is -2.48. The summed E-state index contributed by atoms with van der Waals surface area (Å²) in [7, 11) is 0. The Hall–Kier alpha value is -1.35. The van der Waals surface area contributed by atoms with Crippen molar-refractivity contribution >= 4 is 5.84 Å². The number of nitrogens with zero attached hydrogens (tertiary/aromatic N) is 2. The molecule has 1 N–H and O–H groups in total. The average Bonchev–Trinajstić information content (AvgIpc) is 3.40. The van der Waals surface area contributed by atoms with E-state index >= 15 is 0 Å². The minimum Gasteiger partial charge on any atom is -0.286 e. The number of fused-ring (bicyclic) bond motifs is 4. The Labute approximate surface area is 144 Å². The van der Waals surface area contributed by atoms with E-state index in [0.717, 1.165) is 42.5 Å². The molecule has 4 aliphatic carbocycles. The van der Waals surface area contributed by atoms with Gasteiger partial charge in [0.25, 0.3) is 0 Å². The van der Waals surface area contributed by atoms with Crippen molar-refractivity contribution in [1.82, 2.24) is 5.06 Å². The Bertz CT molecular complexity index is 637. The van der Waals surface area contributed by atoms with Gasteiger partial charge in [0, 0.05) is 5.56 Å². The highest BCUT2D eigenvalue weighted by molar-refractivity contribution is 5.98. The summed E-state index contributed by atoms with van der Waals surface area (Å²) in [5, 5.41) is 12.9. The topological polar surface area (TPSA) is 35.8 Å². The maximum atomic E-state index is 11.3. The van der Waals surface area contributed by atoms with Crippen LogP contribution in [0.4, 0.5) is 0 Å². The number of aliphatic imine (C=N–C) groups is 1. The third kappa shape index (κ3) is 2.24. The van der Waals surface area contributed by atoms with E-state index in [2.05, 4.69) is 24.3 Å². The van der Waals surface area contributed by atoms with Crippen molar-refractivity contribution in [1.29, 1.82) is 0 Å². The molecule has 24 heavy (non-hydrogen) atoms. The van der Waals surface area contributed by atoms with Crippen LogP contribution in [0.25, 0.3) is 0 Å². The quantitative estimate of drug-likeness (QED) is 0.493. The van der Waals surface area contributed by atoms with Crippen LogP contribution in [0.1, 0.15) is 69.8 Å². The van der Waals surface area contributed by atoms with Crippen molar-refractivity contribution in [3.8, 4) is 0 Å². The zero-order valence-electron chi connectivity index (χ0n) is 14.5. The first kappa shape index (κ1) is 14.9. The van der Waals surface area contributed by atoms with Crippen LogP contribution in [-0.4, -0.2) is 27.2 Å². The van der Waals surface area contributed by atoms with Crippen LogP contribution in [0.2, 0.25) is 0 Å². The number of amidine groups is 1. The summed E-state index contributed by atoms with van der Waals surface area (Å²) < 4.78 is 0. The summed E-state index contributed by atoms with van der Waals surface area (Å²) in [5.74, 6) is 2.54. The summed E-state index contributed by atoms with van der Waals surface area (Å²) in [6.45, 7) is 0. The van der Waals surface area contributed by atoms with E-state index in [0.29, 0.717) is 0 Å². The predicted molar refractivity (Wildman–Crippen MR) is 95.2 cm³/mol. The van der Waals surface area contributed by atoms with Gasteiger partial charge in [0.05, 0.1) is 11.1 Å². The molecule has 3 nitrogen and oxygen atoms in total. The molecule has 0 atom stereocenters. The molecule has 1 aromatic rings. The molecule has 128 valence electrons. The largest absolute Gasteiger partial charge is 0.286 e. The zero-order chi connectivity index (χ0) is 16.2. The molecular formula is C21H28N2O. The van der Waals surface area contributed by atoms with Crippen molar-refractivity contribution in [3.05, 3.63) is 35.9 Å². The van der Waals surface area contributed by atoms with Gasteiger partial charge in [-0.2, -0.15) is 0 Å². The Kier molecular flexibility index (Phi) is 3.31. The predicted octanol–water partition coefficient (Wildman–Crippen LogP) is 4.79. The zero-order valence-corrected chi connectivity index (χ0v) is 14.5. The fraction of sp³-hybridized carbons (Fsp3) is 0.667. The normalized spacial score (nSPS) is 40.5. The van der Waals surface area contributed by atoms with Gasteiger partial charge in [-0.25, -0.2) is 5.06 Å². The first-order chi connectivity index (χ1) is 11.7. The van der Waals surface area contributed by atoms with E-state index in [1.165, 1.54) is 44.9 Å². The average molecular weight is 324 g/mol. The fourth-order valence-electron chi connectivity index (χ4n) is 6.05. The smallest absolute Gasteiger partial charge is 0.156 e. The highest BCUT2D eigenvalue weighted by Gasteiger charge is 2.51. The minimum atomic E-state index is -0.0490. The molecule has 4 fully saturated rings. The SMILES string of the molecule is ON(C(=NC12CCC(CC1)C2)c1ccccc1)C12CCC(CC1)C2. The molecule has 1 aromatic carbocycles. The summed E-state index contributed by atoms with van der Waals surface area (Å²) in [6, 6.07) is 10.4. The second-order valence-electron chi connectivity index (χ2n) is 8.86. The molecule has 4 saturated carbocycles. The van der Waals surface area contributed by atoms with E-state index < -0.39 is 0 Å². The van der Waals surface area contributed by atoms with Gasteiger partial charge >= 0.3 is 0 Å². The van der Waals surface area contributed by atoms with E-state index in [1.807, 2.05) is 6.07 Å². The standard InChI is InChI=1S/C21H28N2O/c24-23(21-12-8-17(15-21)9-13-21)19(18-4-2-1-3-5-18)22-20-10-6-16(14-20)7-11-20/h1-5,16-17,24H,6-15H2. The third-order valence-corrected chi connectivity index (χ3v) is 7.43. The van der Waals surface area contributed by atoms with Crippen molar-refractivity contribution in [3.63, 3.8) is 0 Å². The number of hydrogen-bond donors (Lipinski definition) is 1. The minimum absolute atomic E-state index is 0.0490. The summed E-state index contributed by atoms with van der Waals surface area (Å²) >= 11 is 0. The third-order valence-electron chi connectivity index (χ3n) is 7.43. The van der Waals surface area contributed by atoms with Crippen LogP contribution in [0, 0.1) is 11.8 Å². The van der Waals surface area contributed by atoms with Crippen LogP contribution >= 0.6 is 0 Å². The Morgan fingerprint density at radius 2 is 1.54 bits per heavy atom. The van der Waals surface area contributed by atoms with Crippen LogP contribution < -0.4 is 0 Å². The second-order valence-corrected chi connectivity index (χ2v) is 8.86. The van der Waals surface area contributed by atoms with Gasteiger partial charge in [-0.05, 0) is 76.0 Å². The monoisotopic (exact) mass is 324 g/mol. The Morgan fingerprint density at radius 3 is 2.08 bits per heavy atom. The van der Waals surface area contributed by atoms with Crippen molar-refractivity contribution < 1.29 is 5.21 Å². The molecule has 3 heteroatoms. The first-order valence-corrected chi connectivity index (χ1v) is 9.83. The molecule has 0 amide bonds. The van der Waals surface area contributed by atoms with Gasteiger partial charge in [0.2, 0.25) is 0 Å². The van der Waals surface area contributed by atoms with E-state index in [-0.39, 0.29) is 11.1 Å². The van der Waals surface area contributed by atoms with Gasteiger partial charge in [-0.3, -0.25) is 10.2 Å². The number of hydrogen-bond acceptors (Lipinski definition) is 2. The molecule has 0 aliphatic heterocycles. The molecule has 0 radical (unpaired) electrons. The van der Waals surface area contributed by atoms with E-state index in [9.17, 15) is 5.21 Å². The molecule has 0 heterocycles. The maximum Gasteiger partial charge on any atom is 0.156 e. The lowest BCUT2D eigenvalue weighted by atomic mass is 9.92. The highest BCUT2D eigenvalue weighted by atomic mass is 16.5. The van der Waals surface area contributed by atoms with Crippen LogP contribution in [0.3, 0.4) is 0 Å². The highest BCUT2D eigenvalue weighted by Crippen LogP contribution is 2.53. The number of benzene rings is 1. The van der Waals surface area contributed by atoms with Crippen LogP contribution in [0.15, 0.2) is 35.3 Å². The molecule has 4 bridgehead atoms. The van der Waals surface area contributed by atoms with Gasteiger partial charge in [-0.15, -0.1) is 0 Å². The molecule has 0 aromatic heterocycles.